The van der Waals surface area contributed by atoms with E-state index in [-0.39, 0.29) is 18.4 Å². The van der Waals surface area contributed by atoms with Crippen molar-refractivity contribution in [3.63, 3.8) is 0 Å². The Kier molecular flexibility index (Phi) is 8.21. The van der Waals surface area contributed by atoms with E-state index in [9.17, 15) is 14.4 Å². The lowest BCUT2D eigenvalue weighted by Crippen LogP contribution is -2.39. The van der Waals surface area contributed by atoms with Gasteiger partial charge in [0.05, 0.1) is 12.3 Å². The molecule has 0 bridgehead atoms. The van der Waals surface area contributed by atoms with Gasteiger partial charge in [-0.15, -0.1) is 0 Å². The van der Waals surface area contributed by atoms with Crippen LogP contribution in [0.2, 0.25) is 5.02 Å². The van der Waals surface area contributed by atoms with Gasteiger partial charge in [0.1, 0.15) is 0 Å². The van der Waals surface area contributed by atoms with Crippen molar-refractivity contribution < 1.29 is 24.6 Å². The molecule has 3 N–H and O–H groups in total. The van der Waals surface area contributed by atoms with E-state index in [1.807, 2.05) is 49.4 Å². The fourth-order valence-corrected chi connectivity index (χ4v) is 3.38. The molecule has 7 heteroatoms. The minimum Gasteiger partial charge on any atom is -0.481 e. The van der Waals surface area contributed by atoms with Crippen molar-refractivity contribution in [3.8, 4) is 0 Å². The molecule has 3 atom stereocenters. The molecule has 2 aromatic rings. The summed E-state index contributed by atoms with van der Waals surface area (Å²) in [6, 6.07) is 16.9. The molecule has 0 spiro atoms. The van der Waals surface area contributed by atoms with Gasteiger partial charge >= 0.3 is 11.9 Å². The summed E-state index contributed by atoms with van der Waals surface area (Å²) in [5.41, 5.74) is 2.09. The van der Waals surface area contributed by atoms with Crippen LogP contribution < -0.4 is 5.32 Å². The third kappa shape index (κ3) is 7.23. The van der Waals surface area contributed by atoms with E-state index in [0.29, 0.717) is 11.4 Å². The summed E-state index contributed by atoms with van der Waals surface area (Å²) in [5, 5.41) is 21.5. The predicted molar refractivity (Wildman–Crippen MR) is 110 cm³/mol. The molecular formula is C22H24ClNO5. The average molecular weight is 418 g/mol. The molecule has 2 aromatic carbocycles. The zero-order valence-electron chi connectivity index (χ0n) is 16.0. The van der Waals surface area contributed by atoms with Gasteiger partial charge in [-0.25, -0.2) is 0 Å². The standard InChI is InChI=1S/C22H24ClNO5/c1-14(24-20(25)12-17(22(28)29)13-21(26)27)19(11-15-5-3-2-4-6-15)16-7-9-18(23)10-8-16/h2-10,14,17,19H,11-13H2,1H3,(H,24,25)(H,26,27)(H,28,29). The molecule has 0 aliphatic heterocycles. The Morgan fingerprint density at radius 2 is 1.59 bits per heavy atom. The van der Waals surface area contributed by atoms with E-state index >= 15 is 0 Å². The monoisotopic (exact) mass is 417 g/mol. The third-order valence-corrected chi connectivity index (χ3v) is 5.04. The zero-order chi connectivity index (χ0) is 21.4. The number of carboxylic acid groups (broad SMARTS) is 2. The second kappa shape index (κ2) is 10.6. The largest absolute Gasteiger partial charge is 0.481 e. The number of aliphatic carboxylic acids is 2. The zero-order valence-corrected chi connectivity index (χ0v) is 16.8. The van der Waals surface area contributed by atoms with Crippen LogP contribution in [0.4, 0.5) is 0 Å². The summed E-state index contributed by atoms with van der Waals surface area (Å²) in [7, 11) is 0. The van der Waals surface area contributed by atoms with Crippen molar-refractivity contribution in [1.29, 1.82) is 0 Å². The average Bonchev–Trinajstić information content (AvgIpc) is 2.66. The first kappa shape index (κ1) is 22.4. The quantitative estimate of drug-likeness (QED) is 0.546. The third-order valence-electron chi connectivity index (χ3n) is 4.79. The smallest absolute Gasteiger partial charge is 0.307 e. The van der Waals surface area contributed by atoms with Crippen LogP contribution in [-0.4, -0.2) is 34.1 Å². The highest BCUT2D eigenvalue weighted by atomic mass is 35.5. The SMILES string of the molecule is CC(NC(=O)CC(CC(=O)O)C(=O)O)C(Cc1ccccc1)c1ccc(Cl)cc1. The Balaban J connectivity index is 2.14. The normalized spacial score (nSPS) is 13.9. The van der Waals surface area contributed by atoms with Crippen molar-refractivity contribution >= 4 is 29.4 Å². The van der Waals surface area contributed by atoms with Crippen molar-refractivity contribution in [1.82, 2.24) is 5.32 Å². The molecule has 0 aromatic heterocycles. The molecule has 0 aliphatic rings. The molecule has 1 amide bonds. The molecule has 154 valence electrons. The number of rotatable bonds is 10. The molecule has 0 fully saturated rings. The van der Waals surface area contributed by atoms with Crippen LogP contribution in [0, 0.1) is 5.92 Å². The number of halogens is 1. The van der Waals surface area contributed by atoms with Crippen LogP contribution in [0.15, 0.2) is 54.6 Å². The number of hydrogen-bond donors (Lipinski definition) is 3. The molecule has 3 unspecified atom stereocenters. The number of benzene rings is 2. The molecule has 0 saturated carbocycles. The van der Waals surface area contributed by atoms with Crippen LogP contribution >= 0.6 is 11.6 Å². The lowest BCUT2D eigenvalue weighted by atomic mass is 9.86. The lowest BCUT2D eigenvalue weighted by Gasteiger charge is -2.26. The van der Waals surface area contributed by atoms with Crippen molar-refractivity contribution in [2.75, 3.05) is 0 Å². The van der Waals surface area contributed by atoms with E-state index in [1.165, 1.54) is 0 Å². The first-order chi connectivity index (χ1) is 13.8. The Bertz CT molecular complexity index is 838. The summed E-state index contributed by atoms with van der Waals surface area (Å²) >= 11 is 6.00. The van der Waals surface area contributed by atoms with Crippen LogP contribution in [0.5, 0.6) is 0 Å². The fraction of sp³-hybridized carbons (Fsp3) is 0.318. The summed E-state index contributed by atoms with van der Waals surface area (Å²) in [6.45, 7) is 1.85. The first-order valence-corrected chi connectivity index (χ1v) is 9.67. The summed E-state index contributed by atoms with van der Waals surface area (Å²) < 4.78 is 0. The van der Waals surface area contributed by atoms with E-state index in [0.717, 1.165) is 11.1 Å². The molecule has 6 nitrogen and oxygen atoms in total. The minimum atomic E-state index is -1.30. The molecule has 0 saturated heterocycles. The van der Waals surface area contributed by atoms with E-state index in [2.05, 4.69) is 5.32 Å². The van der Waals surface area contributed by atoms with Gasteiger partial charge in [-0.2, -0.15) is 0 Å². The summed E-state index contributed by atoms with van der Waals surface area (Å²) in [4.78, 5) is 34.5. The van der Waals surface area contributed by atoms with Gasteiger partial charge in [-0.05, 0) is 36.6 Å². The maximum absolute atomic E-state index is 12.4. The second-order valence-electron chi connectivity index (χ2n) is 7.04. The van der Waals surface area contributed by atoms with Gasteiger partial charge in [-0.1, -0.05) is 54.1 Å². The Hall–Kier alpha value is -2.86. The van der Waals surface area contributed by atoms with Gasteiger partial charge in [0, 0.05) is 23.4 Å². The van der Waals surface area contributed by atoms with Crippen LogP contribution in [0.3, 0.4) is 0 Å². The highest BCUT2D eigenvalue weighted by molar-refractivity contribution is 6.30. The van der Waals surface area contributed by atoms with E-state index < -0.39 is 30.2 Å². The van der Waals surface area contributed by atoms with Gasteiger partial charge in [-0.3, -0.25) is 14.4 Å². The van der Waals surface area contributed by atoms with Gasteiger partial charge in [0.2, 0.25) is 5.91 Å². The second-order valence-corrected chi connectivity index (χ2v) is 7.48. The van der Waals surface area contributed by atoms with Gasteiger partial charge in [0.25, 0.3) is 0 Å². The summed E-state index contributed by atoms with van der Waals surface area (Å²) in [6.07, 6.45) is -0.312. The topological polar surface area (TPSA) is 104 Å². The number of hydrogen-bond acceptors (Lipinski definition) is 3. The number of amides is 1. The van der Waals surface area contributed by atoms with Crippen LogP contribution in [0.25, 0.3) is 0 Å². The van der Waals surface area contributed by atoms with Crippen LogP contribution in [-0.2, 0) is 20.8 Å². The molecule has 2 rings (SSSR count). The number of carbonyl (C=O) groups excluding carboxylic acids is 1. The Morgan fingerprint density at radius 1 is 0.966 bits per heavy atom. The van der Waals surface area contributed by atoms with Gasteiger partial charge < -0.3 is 15.5 Å². The first-order valence-electron chi connectivity index (χ1n) is 9.29. The number of carboxylic acids is 2. The molecule has 0 radical (unpaired) electrons. The lowest BCUT2D eigenvalue weighted by molar-refractivity contribution is -0.149. The number of carbonyl (C=O) groups is 3. The molecule has 29 heavy (non-hydrogen) atoms. The van der Waals surface area contributed by atoms with Gasteiger partial charge in [0.15, 0.2) is 0 Å². The molecule has 0 heterocycles. The molecular weight excluding hydrogens is 394 g/mol. The predicted octanol–water partition coefficient (Wildman–Crippen LogP) is 3.74. The fourth-order valence-electron chi connectivity index (χ4n) is 3.26. The van der Waals surface area contributed by atoms with E-state index in [4.69, 9.17) is 21.8 Å². The van der Waals surface area contributed by atoms with Crippen molar-refractivity contribution in [3.05, 3.63) is 70.7 Å². The highest BCUT2D eigenvalue weighted by Crippen LogP contribution is 2.26. The highest BCUT2D eigenvalue weighted by Gasteiger charge is 2.27. The minimum absolute atomic E-state index is 0.0682. The summed E-state index contributed by atoms with van der Waals surface area (Å²) in [5.74, 6) is -4.36. The van der Waals surface area contributed by atoms with E-state index in [1.54, 1.807) is 12.1 Å². The van der Waals surface area contributed by atoms with Crippen LogP contribution in [0.1, 0.15) is 36.8 Å². The Morgan fingerprint density at radius 3 is 2.14 bits per heavy atom. The molecule has 0 aliphatic carbocycles. The Labute approximate surface area is 174 Å². The van der Waals surface area contributed by atoms with Crippen molar-refractivity contribution in [2.24, 2.45) is 5.92 Å². The maximum Gasteiger partial charge on any atom is 0.307 e. The maximum atomic E-state index is 12.4. The van der Waals surface area contributed by atoms with Crippen molar-refractivity contribution in [2.45, 2.75) is 38.1 Å². The number of nitrogens with one attached hydrogen (secondary N) is 1.